The van der Waals surface area contributed by atoms with Crippen LogP contribution in [-0.2, 0) is 6.54 Å². The lowest BCUT2D eigenvalue weighted by Gasteiger charge is -2.12. The number of carbonyl (C=O) groups is 1. The largest absolute Gasteiger partial charge is 0.496 e. The zero-order chi connectivity index (χ0) is 24.1. The van der Waals surface area contributed by atoms with Crippen molar-refractivity contribution < 1.29 is 9.53 Å². The van der Waals surface area contributed by atoms with Gasteiger partial charge in [-0.15, -0.1) is 11.8 Å². The van der Waals surface area contributed by atoms with Crippen LogP contribution in [-0.4, -0.2) is 34.2 Å². The molecule has 1 N–H and O–H groups in total. The number of hydrogen-bond donors (Lipinski definition) is 1. The van der Waals surface area contributed by atoms with Crippen molar-refractivity contribution >= 4 is 17.7 Å². The predicted octanol–water partition coefficient (Wildman–Crippen LogP) is 5.48. The maximum absolute atomic E-state index is 12.7. The number of ether oxygens (including phenoxy) is 1. The van der Waals surface area contributed by atoms with E-state index in [1.807, 2.05) is 68.6 Å². The average Bonchev–Trinajstić information content (AvgIpc) is 2.87. The fraction of sp³-hybridized carbons (Fsp3) is 0.185. The van der Waals surface area contributed by atoms with Crippen LogP contribution in [0, 0.1) is 13.8 Å². The molecule has 0 spiro atoms. The van der Waals surface area contributed by atoms with E-state index in [-0.39, 0.29) is 5.91 Å². The Morgan fingerprint density at radius 2 is 1.76 bits per heavy atom. The van der Waals surface area contributed by atoms with Gasteiger partial charge in [0.1, 0.15) is 11.6 Å². The highest BCUT2D eigenvalue weighted by molar-refractivity contribution is 7.98. The first-order valence-corrected chi connectivity index (χ1v) is 12.1. The number of thioether (sulfide) groups is 1. The highest BCUT2D eigenvalue weighted by Gasteiger charge is 2.12. The van der Waals surface area contributed by atoms with E-state index in [1.54, 1.807) is 31.3 Å². The Kier molecular flexibility index (Phi) is 7.23. The Labute approximate surface area is 203 Å². The quantitative estimate of drug-likeness (QED) is 0.360. The van der Waals surface area contributed by atoms with Crippen molar-refractivity contribution in [1.29, 1.82) is 0 Å². The summed E-state index contributed by atoms with van der Waals surface area (Å²) in [4.78, 5) is 27.0. The lowest BCUT2D eigenvalue weighted by molar-refractivity contribution is 0.0950. The van der Waals surface area contributed by atoms with Crippen molar-refractivity contribution in [2.45, 2.75) is 25.3 Å². The number of nitrogens with one attached hydrogen (secondary N) is 1. The molecule has 4 rings (SSSR count). The topological polar surface area (TPSA) is 77.0 Å². The molecule has 2 aromatic carbocycles. The van der Waals surface area contributed by atoms with Gasteiger partial charge in [-0.2, -0.15) is 0 Å². The number of methoxy groups -OCH3 is 1. The summed E-state index contributed by atoms with van der Waals surface area (Å²) in [5.74, 6) is 1.32. The SMILES string of the molecule is COc1ccc(-c2ccnc(CNC(=O)c3ccc(C)c(SC)c3)c2)cc1-c1ccnc(C)n1. The summed E-state index contributed by atoms with van der Waals surface area (Å²) in [7, 11) is 1.65. The van der Waals surface area contributed by atoms with Gasteiger partial charge in [0.2, 0.25) is 0 Å². The number of rotatable bonds is 7. The molecule has 0 fully saturated rings. The van der Waals surface area contributed by atoms with E-state index in [1.165, 1.54) is 0 Å². The van der Waals surface area contributed by atoms with Crippen LogP contribution in [0.15, 0.2) is 71.9 Å². The van der Waals surface area contributed by atoms with Gasteiger partial charge in [-0.25, -0.2) is 9.97 Å². The smallest absolute Gasteiger partial charge is 0.251 e. The van der Waals surface area contributed by atoms with Gasteiger partial charge in [-0.1, -0.05) is 12.1 Å². The highest BCUT2D eigenvalue weighted by atomic mass is 32.2. The van der Waals surface area contributed by atoms with E-state index in [4.69, 9.17) is 4.74 Å². The van der Waals surface area contributed by atoms with Gasteiger partial charge in [0.15, 0.2) is 0 Å². The molecule has 0 aliphatic heterocycles. The van der Waals surface area contributed by atoms with Crippen LogP contribution in [0.3, 0.4) is 0 Å². The van der Waals surface area contributed by atoms with Gasteiger partial charge in [0.25, 0.3) is 5.91 Å². The summed E-state index contributed by atoms with van der Waals surface area (Å²) in [6.07, 6.45) is 5.51. The van der Waals surface area contributed by atoms with Crippen molar-refractivity contribution in [1.82, 2.24) is 20.3 Å². The van der Waals surface area contributed by atoms with Crippen LogP contribution >= 0.6 is 11.8 Å². The molecule has 2 aromatic heterocycles. The van der Waals surface area contributed by atoms with Crippen molar-refractivity contribution in [3.8, 4) is 28.1 Å². The van der Waals surface area contributed by atoms with Crippen LogP contribution < -0.4 is 10.1 Å². The molecule has 0 aliphatic carbocycles. The summed E-state index contributed by atoms with van der Waals surface area (Å²) in [5.41, 5.74) is 6.27. The molecule has 0 bridgehead atoms. The second-order valence-electron chi connectivity index (χ2n) is 7.81. The van der Waals surface area contributed by atoms with E-state index < -0.39 is 0 Å². The molecule has 172 valence electrons. The molecular weight excluding hydrogens is 444 g/mol. The van der Waals surface area contributed by atoms with Gasteiger partial charge in [-0.3, -0.25) is 9.78 Å². The van der Waals surface area contributed by atoms with Gasteiger partial charge in [0.05, 0.1) is 25.0 Å². The standard InChI is InChI=1S/C27H26N4O2S/c1-17-5-6-21(15-26(17)34-4)27(32)30-16-22-13-20(9-11-29-22)19-7-8-25(33-3)23(14-19)24-10-12-28-18(2)31-24/h5-15H,16H2,1-4H3,(H,30,32). The minimum atomic E-state index is -0.117. The van der Waals surface area contributed by atoms with Crippen LogP contribution in [0.5, 0.6) is 5.75 Å². The summed E-state index contributed by atoms with van der Waals surface area (Å²) in [6, 6.07) is 17.5. The minimum Gasteiger partial charge on any atom is -0.496 e. The van der Waals surface area contributed by atoms with Gasteiger partial charge in [-0.05, 0) is 79.3 Å². The first-order chi connectivity index (χ1) is 16.5. The first kappa shape index (κ1) is 23.4. The molecule has 0 aliphatic rings. The molecular formula is C27H26N4O2S. The second-order valence-corrected chi connectivity index (χ2v) is 8.66. The van der Waals surface area contributed by atoms with E-state index >= 15 is 0 Å². The Morgan fingerprint density at radius 1 is 0.971 bits per heavy atom. The van der Waals surface area contributed by atoms with Gasteiger partial charge >= 0.3 is 0 Å². The summed E-state index contributed by atoms with van der Waals surface area (Å²) in [6.45, 7) is 4.24. The van der Waals surface area contributed by atoms with Crippen LogP contribution in [0.4, 0.5) is 0 Å². The Hall–Kier alpha value is -3.71. The minimum absolute atomic E-state index is 0.117. The third kappa shape index (κ3) is 5.26. The third-order valence-electron chi connectivity index (χ3n) is 5.50. The third-order valence-corrected chi connectivity index (χ3v) is 6.38. The van der Waals surface area contributed by atoms with Gasteiger partial charge < -0.3 is 10.1 Å². The monoisotopic (exact) mass is 470 g/mol. The maximum atomic E-state index is 12.7. The number of amides is 1. The van der Waals surface area contributed by atoms with Crippen LogP contribution in [0.25, 0.3) is 22.4 Å². The summed E-state index contributed by atoms with van der Waals surface area (Å²) >= 11 is 1.63. The maximum Gasteiger partial charge on any atom is 0.251 e. The molecule has 7 heteroatoms. The van der Waals surface area contributed by atoms with E-state index in [9.17, 15) is 4.79 Å². The molecule has 34 heavy (non-hydrogen) atoms. The lowest BCUT2D eigenvalue weighted by atomic mass is 10.0. The van der Waals surface area contributed by atoms with Crippen LogP contribution in [0.2, 0.25) is 0 Å². The molecule has 0 radical (unpaired) electrons. The molecule has 2 heterocycles. The van der Waals surface area contributed by atoms with E-state index in [0.717, 1.165) is 44.3 Å². The molecule has 0 atom stereocenters. The van der Waals surface area contributed by atoms with Crippen molar-refractivity contribution in [3.05, 3.63) is 89.6 Å². The van der Waals surface area contributed by atoms with Crippen molar-refractivity contribution in [2.24, 2.45) is 0 Å². The van der Waals surface area contributed by atoms with Gasteiger partial charge in [0, 0.05) is 28.4 Å². The Morgan fingerprint density at radius 3 is 2.53 bits per heavy atom. The van der Waals surface area contributed by atoms with Crippen molar-refractivity contribution in [3.63, 3.8) is 0 Å². The molecule has 1 amide bonds. The van der Waals surface area contributed by atoms with Crippen LogP contribution in [0.1, 0.15) is 27.4 Å². The van der Waals surface area contributed by atoms with E-state index in [2.05, 4.69) is 26.3 Å². The van der Waals surface area contributed by atoms with E-state index in [0.29, 0.717) is 17.9 Å². The number of hydrogen-bond acceptors (Lipinski definition) is 6. The van der Waals surface area contributed by atoms with Crippen molar-refractivity contribution in [2.75, 3.05) is 13.4 Å². The normalized spacial score (nSPS) is 10.7. The molecule has 6 nitrogen and oxygen atoms in total. The number of aryl methyl sites for hydroxylation is 2. The average molecular weight is 471 g/mol. The zero-order valence-electron chi connectivity index (χ0n) is 19.6. The highest BCUT2D eigenvalue weighted by Crippen LogP contribution is 2.33. The number of aromatic nitrogens is 3. The fourth-order valence-corrected chi connectivity index (χ4v) is 4.32. The number of pyridine rings is 1. The molecule has 4 aromatic rings. The molecule has 0 saturated heterocycles. The molecule has 0 saturated carbocycles. The first-order valence-electron chi connectivity index (χ1n) is 10.8. The second kappa shape index (κ2) is 10.5. The number of benzene rings is 2. The summed E-state index contributed by atoms with van der Waals surface area (Å²) in [5, 5.41) is 2.98. The molecule has 0 unspecified atom stereocenters. The predicted molar refractivity (Wildman–Crippen MR) is 136 cm³/mol. The zero-order valence-corrected chi connectivity index (χ0v) is 20.4. The Bertz CT molecular complexity index is 1340. The Balaban J connectivity index is 1.56. The summed E-state index contributed by atoms with van der Waals surface area (Å²) < 4.78 is 5.56. The number of carbonyl (C=O) groups excluding carboxylic acids is 1. The number of nitrogens with zero attached hydrogens (tertiary/aromatic N) is 3. The fourth-order valence-electron chi connectivity index (χ4n) is 3.68. The lowest BCUT2D eigenvalue weighted by Crippen LogP contribution is -2.23.